The molecule has 1 aliphatic heterocycles. The lowest BCUT2D eigenvalue weighted by atomic mass is 10.1. The molecule has 1 amide bonds. The molecule has 4 rings (SSSR count). The van der Waals surface area contributed by atoms with E-state index in [0.29, 0.717) is 11.7 Å². The molecule has 0 fully saturated rings. The van der Waals surface area contributed by atoms with Crippen LogP contribution in [0.3, 0.4) is 0 Å². The van der Waals surface area contributed by atoms with Gasteiger partial charge in [0.15, 0.2) is 11.0 Å². The average Bonchev–Trinajstić information content (AvgIpc) is 3.28. The molecule has 3 heterocycles. The maximum absolute atomic E-state index is 13.3. The second kappa shape index (κ2) is 8.21. The van der Waals surface area contributed by atoms with Crippen molar-refractivity contribution in [1.82, 2.24) is 19.7 Å². The van der Waals surface area contributed by atoms with Crippen LogP contribution in [0, 0.1) is 0 Å². The highest BCUT2D eigenvalue weighted by Crippen LogP contribution is 2.35. The van der Waals surface area contributed by atoms with Gasteiger partial charge in [-0.15, -0.1) is 16.8 Å². The molecular formula is C22H23N5OS. The summed E-state index contributed by atoms with van der Waals surface area (Å²) < 4.78 is 1.98. The number of fused-ring (bicyclic) bond motifs is 1. The van der Waals surface area contributed by atoms with Crippen molar-refractivity contribution in [3.8, 4) is 11.4 Å². The first kappa shape index (κ1) is 19.4. The summed E-state index contributed by atoms with van der Waals surface area (Å²) in [7, 11) is 0. The number of thioether (sulfide) groups is 1. The fraction of sp³-hybridized carbons (Fsp3) is 0.273. The molecule has 0 saturated carbocycles. The number of aromatic nitrogens is 4. The molecule has 148 valence electrons. The second-order valence-corrected chi connectivity index (χ2v) is 8.40. The van der Waals surface area contributed by atoms with E-state index in [1.807, 2.05) is 52.8 Å². The van der Waals surface area contributed by atoms with Crippen LogP contribution in [-0.2, 0) is 17.8 Å². The maximum Gasteiger partial charge on any atom is 0.240 e. The zero-order valence-corrected chi connectivity index (χ0v) is 17.3. The van der Waals surface area contributed by atoms with Crippen molar-refractivity contribution in [1.29, 1.82) is 0 Å². The van der Waals surface area contributed by atoms with Gasteiger partial charge >= 0.3 is 0 Å². The summed E-state index contributed by atoms with van der Waals surface area (Å²) in [4.78, 5) is 19.3. The predicted molar refractivity (Wildman–Crippen MR) is 116 cm³/mol. The van der Waals surface area contributed by atoms with E-state index >= 15 is 0 Å². The fourth-order valence-electron chi connectivity index (χ4n) is 3.69. The van der Waals surface area contributed by atoms with Gasteiger partial charge in [0.25, 0.3) is 0 Å². The van der Waals surface area contributed by atoms with Crippen molar-refractivity contribution in [3.05, 3.63) is 67.0 Å². The van der Waals surface area contributed by atoms with Gasteiger partial charge in [0.2, 0.25) is 5.91 Å². The third-order valence-corrected chi connectivity index (χ3v) is 6.11. The van der Waals surface area contributed by atoms with Crippen LogP contribution in [0.2, 0.25) is 0 Å². The standard InChI is InChI=1S/C22H23N5OS/c1-4-13-26-20(17-9-11-23-12-10-17)24-25-22(26)29-16(3)21(28)27-15(2)14-18-7-5-6-8-19(18)27/h4-12,15-16H,1,13-14H2,2-3H3/t15-,16-/m1/s1. The van der Waals surface area contributed by atoms with E-state index in [0.717, 1.165) is 23.5 Å². The largest absolute Gasteiger partial charge is 0.308 e. The lowest BCUT2D eigenvalue weighted by molar-refractivity contribution is -0.118. The summed E-state index contributed by atoms with van der Waals surface area (Å²) in [5, 5.41) is 9.13. The first-order chi connectivity index (χ1) is 14.1. The quantitative estimate of drug-likeness (QED) is 0.458. The lowest BCUT2D eigenvalue weighted by Gasteiger charge is -2.25. The van der Waals surface area contributed by atoms with Crippen LogP contribution in [0.25, 0.3) is 11.4 Å². The lowest BCUT2D eigenvalue weighted by Crippen LogP contribution is -2.40. The van der Waals surface area contributed by atoms with Crippen LogP contribution in [0.1, 0.15) is 19.4 Å². The molecule has 0 saturated heterocycles. The molecule has 0 spiro atoms. The smallest absolute Gasteiger partial charge is 0.240 e. The van der Waals surface area contributed by atoms with Gasteiger partial charge in [0.1, 0.15) is 0 Å². The molecule has 2 atom stereocenters. The van der Waals surface area contributed by atoms with Crippen molar-refractivity contribution < 1.29 is 4.79 Å². The Morgan fingerprint density at radius 3 is 2.79 bits per heavy atom. The summed E-state index contributed by atoms with van der Waals surface area (Å²) in [5.74, 6) is 0.834. The van der Waals surface area contributed by atoms with Gasteiger partial charge in [-0.05, 0) is 44.0 Å². The number of nitrogens with zero attached hydrogens (tertiary/aromatic N) is 5. The Labute approximate surface area is 174 Å². The molecular weight excluding hydrogens is 382 g/mol. The van der Waals surface area contributed by atoms with Crippen LogP contribution in [0.5, 0.6) is 0 Å². The Kier molecular flexibility index (Phi) is 5.49. The molecule has 0 aliphatic carbocycles. The third kappa shape index (κ3) is 3.70. The number of benzene rings is 1. The summed E-state index contributed by atoms with van der Waals surface area (Å²) >= 11 is 1.43. The van der Waals surface area contributed by atoms with Crippen LogP contribution in [-0.4, -0.2) is 36.9 Å². The number of hydrogen-bond acceptors (Lipinski definition) is 5. The molecule has 0 unspecified atom stereocenters. The number of anilines is 1. The van der Waals surface area contributed by atoms with Gasteiger partial charge in [-0.3, -0.25) is 14.3 Å². The number of carbonyl (C=O) groups excluding carboxylic acids is 1. The number of amides is 1. The molecule has 2 aromatic heterocycles. The Balaban J connectivity index is 1.59. The molecule has 0 N–H and O–H groups in total. The molecule has 1 aromatic carbocycles. The highest BCUT2D eigenvalue weighted by atomic mass is 32.2. The normalized spacial score (nSPS) is 16.5. The van der Waals surface area contributed by atoms with Gasteiger partial charge in [-0.25, -0.2) is 0 Å². The van der Waals surface area contributed by atoms with Gasteiger partial charge in [-0.1, -0.05) is 36.0 Å². The number of para-hydroxylation sites is 1. The van der Waals surface area contributed by atoms with Crippen LogP contribution in [0.15, 0.2) is 66.6 Å². The minimum atomic E-state index is -0.290. The second-order valence-electron chi connectivity index (χ2n) is 7.09. The van der Waals surface area contributed by atoms with Crippen molar-refractivity contribution in [2.75, 3.05) is 4.90 Å². The maximum atomic E-state index is 13.3. The van der Waals surface area contributed by atoms with Crippen LogP contribution >= 0.6 is 11.8 Å². The summed E-state index contributed by atoms with van der Waals surface area (Å²) in [6.07, 6.45) is 6.16. The average molecular weight is 406 g/mol. The Morgan fingerprint density at radius 2 is 2.03 bits per heavy atom. The molecule has 0 radical (unpaired) electrons. The van der Waals surface area contributed by atoms with E-state index in [-0.39, 0.29) is 17.2 Å². The minimum absolute atomic E-state index is 0.0889. The Morgan fingerprint density at radius 1 is 1.28 bits per heavy atom. The SMILES string of the molecule is C=CCn1c(S[C@H](C)C(=O)N2c3ccccc3C[C@H]2C)nnc1-c1ccncc1. The highest BCUT2D eigenvalue weighted by molar-refractivity contribution is 8.00. The van der Waals surface area contributed by atoms with E-state index in [1.54, 1.807) is 12.4 Å². The molecule has 7 heteroatoms. The third-order valence-electron chi connectivity index (χ3n) is 5.04. The zero-order chi connectivity index (χ0) is 20.4. The van der Waals surface area contributed by atoms with Crippen LogP contribution in [0.4, 0.5) is 5.69 Å². The van der Waals surface area contributed by atoms with Crippen LogP contribution < -0.4 is 4.90 Å². The summed E-state index contributed by atoms with van der Waals surface area (Å²) in [6.45, 7) is 8.44. The van der Waals surface area contributed by atoms with Gasteiger partial charge in [0.05, 0.1) is 5.25 Å². The van der Waals surface area contributed by atoms with Crippen molar-refractivity contribution in [3.63, 3.8) is 0 Å². The molecule has 0 bridgehead atoms. The van der Waals surface area contributed by atoms with E-state index in [9.17, 15) is 4.79 Å². The van der Waals surface area contributed by atoms with Gasteiger partial charge < -0.3 is 4.90 Å². The van der Waals surface area contributed by atoms with Gasteiger partial charge in [0, 0.05) is 36.2 Å². The summed E-state index contributed by atoms with van der Waals surface area (Å²) in [6, 6.07) is 12.1. The Hall–Kier alpha value is -2.93. The number of pyridine rings is 1. The van der Waals surface area contributed by atoms with E-state index < -0.39 is 0 Å². The predicted octanol–water partition coefficient (Wildman–Crippen LogP) is 3.98. The van der Waals surface area contributed by atoms with Gasteiger partial charge in [-0.2, -0.15) is 0 Å². The van der Waals surface area contributed by atoms with E-state index in [1.165, 1.54) is 17.3 Å². The number of carbonyl (C=O) groups is 1. The first-order valence-electron chi connectivity index (χ1n) is 9.62. The van der Waals surface area contributed by atoms with E-state index in [2.05, 4.69) is 34.8 Å². The fourth-order valence-corrected chi connectivity index (χ4v) is 4.60. The Bertz CT molecular complexity index is 1030. The molecule has 1 aliphatic rings. The van der Waals surface area contributed by atoms with Crippen molar-refractivity contribution in [2.45, 2.75) is 43.3 Å². The van der Waals surface area contributed by atoms with Crippen molar-refractivity contribution in [2.24, 2.45) is 0 Å². The monoisotopic (exact) mass is 405 g/mol. The van der Waals surface area contributed by atoms with Crippen molar-refractivity contribution >= 4 is 23.4 Å². The molecule has 29 heavy (non-hydrogen) atoms. The highest BCUT2D eigenvalue weighted by Gasteiger charge is 2.34. The zero-order valence-electron chi connectivity index (χ0n) is 16.5. The first-order valence-corrected chi connectivity index (χ1v) is 10.5. The van der Waals surface area contributed by atoms with E-state index in [4.69, 9.17) is 0 Å². The molecule has 6 nitrogen and oxygen atoms in total. The minimum Gasteiger partial charge on any atom is -0.308 e. The molecule has 3 aromatic rings. The topological polar surface area (TPSA) is 63.9 Å². The summed E-state index contributed by atoms with van der Waals surface area (Å²) in [5.41, 5.74) is 3.17. The number of rotatable bonds is 6. The number of allylic oxidation sites excluding steroid dienone is 1. The number of hydrogen-bond donors (Lipinski definition) is 0.